The number of nitrogens with zero attached hydrogens (tertiary/aromatic N) is 3. The summed E-state index contributed by atoms with van der Waals surface area (Å²) >= 11 is 0. The number of hydrogen-bond acceptors (Lipinski definition) is 5. The third-order valence-electron chi connectivity index (χ3n) is 4.31. The predicted molar refractivity (Wildman–Crippen MR) is 107 cm³/mol. The normalized spacial score (nSPS) is 11.5. The fourth-order valence-corrected chi connectivity index (χ4v) is 2.58. The van der Waals surface area contributed by atoms with Crippen molar-refractivity contribution in [2.75, 3.05) is 17.7 Å². The van der Waals surface area contributed by atoms with Gasteiger partial charge in [-0.15, -0.1) is 0 Å². The number of nitrogens with one attached hydrogen (secondary N) is 3. The van der Waals surface area contributed by atoms with E-state index in [0.717, 1.165) is 11.3 Å². The molecule has 2 aromatic carbocycles. The average molecular weight is 378 g/mol. The molecule has 8 nitrogen and oxygen atoms in total. The van der Waals surface area contributed by atoms with Crippen molar-refractivity contribution in [1.29, 1.82) is 0 Å². The number of benzene rings is 2. The number of rotatable bonds is 7. The Balaban J connectivity index is 1.53. The van der Waals surface area contributed by atoms with E-state index in [1.165, 1.54) is 17.3 Å². The summed E-state index contributed by atoms with van der Waals surface area (Å²) in [6.07, 6.45) is 2.91. The van der Waals surface area contributed by atoms with Crippen LogP contribution in [0.15, 0.2) is 61.2 Å². The molecular weight excluding hydrogens is 356 g/mol. The maximum atomic E-state index is 12.3. The highest BCUT2D eigenvalue weighted by Gasteiger charge is 2.15. The molecule has 1 unspecified atom stereocenters. The minimum atomic E-state index is -0.446. The molecule has 1 aromatic heterocycles. The summed E-state index contributed by atoms with van der Waals surface area (Å²) in [7, 11) is 1.61. The second-order valence-corrected chi connectivity index (χ2v) is 6.25. The van der Waals surface area contributed by atoms with Gasteiger partial charge in [0.1, 0.15) is 18.7 Å². The summed E-state index contributed by atoms with van der Waals surface area (Å²) in [5.74, 6) is -0.266. The molecule has 0 fully saturated rings. The quantitative estimate of drug-likeness (QED) is 0.586. The van der Waals surface area contributed by atoms with Crippen LogP contribution >= 0.6 is 0 Å². The second kappa shape index (κ2) is 8.81. The van der Waals surface area contributed by atoms with Crippen LogP contribution in [0.5, 0.6) is 0 Å². The third-order valence-corrected chi connectivity index (χ3v) is 4.31. The van der Waals surface area contributed by atoms with Gasteiger partial charge in [0.15, 0.2) is 0 Å². The molecule has 1 heterocycles. The molecule has 28 heavy (non-hydrogen) atoms. The lowest BCUT2D eigenvalue weighted by Gasteiger charge is -2.13. The zero-order chi connectivity index (χ0) is 19.9. The molecule has 0 aliphatic carbocycles. The van der Waals surface area contributed by atoms with E-state index in [0.29, 0.717) is 17.8 Å². The SMILES string of the molecule is CNC(=O)c1ccc(CNc2ccc(NC(=O)C(C)n3cncn3)cc2)cc1. The molecule has 1 atom stereocenters. The first-order valence-corrected chi connectivity index (χ1v) is 8.87. The van der Waals surface area contributed by atoms with Gasteiger partial charge in [-0.25, -0.2) is 9.67 Å². The van der Waals surface area contributed by atoms with E-state index in [4.69, 9.17) is 0 Å². The van der Waals surface area contributed by atoms with Crippen LogP contribution in [0.1, 0.15) is 28.9 Å². The van der Waals surface area contributed by atoms with Crippen LogP contribution in [-0.2, 0) is 11.3 Å². The molecular formula is C20H22N6O2. The Labute approximate surface area is 163 Å². The fraction of sp³-hybridized carbons (Fsp3) is 0.200. The van der Waals surface area contributed by atoms with Crippen molar-refractivity contribution in [1.82, 2.24) is 20.1 Å². The summed E-state index contributed by atoms with van der Waals surface area (Å²) in [5.41, 5.74) is 3.33. The Kier molecular flexibility index (Phi) is 6.01. The number of aromatic nitrogens is 3. The maximum Gasteiger partial charge on any atom is 0.251 e. The van der Waals surface area contributed by atoms with Crippen LogP contribution in [0, 0.1) is 0 Å². The molecule has 3 N–H and O–H groups in total. The molecule has 0 spiro atoms. The Hall–Kier alpha value is -3.68. The van der Waals surface area contributed by atoms with E-state index in [1.54, 1.807) is 26.1 Å². The lowest BCUT2D eigenvalue weighted by Crippen LogP contribution is -2.24. The second-order valence-electron chi connectivity index (χ2n) is 6.25. The van der Waals surface area contributed by atoms with Crippen LogP contribution in [0.3, 0.4) is 0 Å². The van der Waals surface area contributed by atoms with Gasteiger partial charge < -0.3 is 16.0 Å². The molecule has 2 amide bonds. The van der Waals surface area contributed by atoms with E-state index in [1.807, 2.05) is 36.4 Å². The highest BCUT2D eigenvalue weighted by molar-refractivity contribution is 5.94. The lowest BCUT2D eigenvalue weighted by atomic mass is 10.1. The van der Waals surface area contributed by atoms with Crippen LogP contribution in [-0.4, -0.2) is 33.6 Å². The van der Waals surface area contributed by atoms with Crippen molar-refractivity contribution in [2.24, 2.45) is 0 Å². The van der Waals surface area contributed by atoms with Gasteiger partial charge in [0.2, 0.25) is 5.91 Å². The largest absolute Gasteiger partial charge is 0.381 e. The fourth-order valence-electron chi connectivity index (χ4n) is 2.58. The minimum absolute atomic E-state index is 0.102. The van der Waals surface area contributed by atoms with Crippen LogP contribution in [0.2, 0.25) is 0 Å². The summed E-state index contributed by atoms with van der Waals surface area (Å²) < 4.78 is 1.50. The minimum Gasteiger partial charge on any atom is -0.381 e. The van der Waals surface area contributed by atoms with E-state index in [9.17, 15) is 9.59 Å². The Bertz CT molecular complexity index is 920. The standard InChI is InChI=1S/C20H22N6O2/c1-14(26-13-22-12-24-26)19(27)25-18-9-7-17(8-10-18)23-11-15-3-5-16(6-4-15)20(28)21-2/h3-10,12-14,23H,11H2,1-2H3,(H,21,28)(H,25,27). The summed E-state index contributed by atoms with van der Waals surface area (Å²) in [5, 5.41) is 12.8. The Morgan fingerprint density at radius 1 is 1.04 bits per heavy atom. The Morgan fingerprint density at radius 2 is 1.71 bits per heavy atom. The topological polar surface area (TPSA) is 101 Å². The summed E-state index contributed by atoms with van der Waals surface area (Å²) in [6.45, 7) is 2.39. The number of hydrogen-bond donors (Lipinski definition) is 3. The molecule has 0 saturated carbocycles. The van der Waals surface area contributed by atoms with Crippen molar-refractivity contribution >= 4 is 23.2 Å². The molecule has 0 aliphatic heterocycles. The molecule has 0 saturated heterocycles. The van der Waals surface area contributed by atoms with Crippen molar-refractivity contribution in [3.05, 3.63) is 72.3 Å². The molecule has 8 heteroatoms. The molecule has 0 radical (unpaired) electrons. The van der Waals surface area contributed by atoms with E-state index in [-0.39, 0.29) is 11.8 Å². The highest BCUT2D eigenvalue weighted by Crippen LogP contribution is 2.16. The van der Waals surface area contributed by atoms with Gasteiger partial charge in [0.25, 0.3) is 5.91 Å². The highest BCUT2D eigenvalue weighted by atomic mass is 16.2. The number of carbonyl (C=O) groups is 2. The van der Waals surface area contributed by atoms with Crippen LogP contribution in [0.4, 0.5) is 11.4 Å². The first-order valence-electron chi connectivity index (χ1n) is 8.87. The Morgan fingerprint density at radius 3 is 2.32 bits per heavy atom. The van der Waals surface area contributed by atoms with Crippen molar-refractivity contribution in [3.8, 4) is 0 Å². The smallest absolute Gasteiger partial charge is 0.251 e. The van der Waals surface area contributed by atoms with Gasteiger partial charge in [-0.1, -0.05) is 12.1 Å². The molecule has 0 aliphatic rings. The van der Waals surface area contributed by atoms with Gasteiger partial charge >= 0.3 is 0 Å². The zero-order valence-electron chi connectivity index (χ0n) is 15.7. The molecule has 3 aromatic rings. The zero-order valence-corrected chi connectivity index (χ0v) is 15.7. The molecule has 0 bridgehead atoms. The van der Waals surface area contributed by atoms with Crippen molar-refractivity contribution < 1.29 is 9.59 Å². The van der Waals surface area contributed by atoms with Crippen molar-refractivity contribution in [2.45, 2.75) is 19.5 Å². The summed E-state index contributed by atoms with van der Waals surface area (Å²) in [6, 6.07) is 14.4. The van der Waals surface area contributed by atoms with E-state index >= 15 is 0 Å². The molecule has 3 rings (SSSR count). The van der Waals surface area contributed by atoms with Crippen LogP contribution in [0.25, 0.3) is 0 Å². The van der Waals surface area contributed by atoms with Crippen molar-refractivity contribution in [3.63, 3.8) is 0 Å². The van der Waals surface area contributed by atoms with Gasteiger partial charge in [0, 0.05) is 30.5 Å². The van der Waals surface area contributed by atoms with Gasteiger partial charge in [0.05, 0.1) is 0 Å². The van der Waals surface area contributed by atoms with E-state index < -0.39 is 6.04 Å². The first-order chi connectivity index (χ1) is 13.6. The molecule has 144 valence electrons. The van der Waals surface area contributed by atoms with Gasteiger partial charge in [-0.3, -0.25) is 9.59 Å². The lowest BCUT2D eigenvalue weighted by molar-refractivity contribution is -0.119. The summed E-state index contributed by atoms with van der Waals surface area (Å²) in [4.78, 5) is 27.7. The van der Waals surface area contributed by atoms with Gasteiger partial charge in [-0.05, 0) is 48.9 Å². The van der Waals surface area contributed by atoms with Gasteiger partial charge in [-0.2, -0.15) is 5.10 Å². The first kappa shape index (κ1) is 19.1. The monoisotopic (exact) mass is 378 g/mol. The number of anilines is 2. The van der Waals surface area contributed by atoms with E-state index in [2.05, 4.69) is 26.0 Å². The maximum absolute atomic E-state index is 12.3. The average Bonchev–Trinajstić information content (AvgIpc) is 3.27. The number of carbonyl (C=O) groups excluding carboxylic acids is 2. The van der Waals surface area contributed by atoms with Crippen LogP contribution < -0.4 is 16.0 Å². The third kappa shape index (κ3) is 4.73. The number of amides is 2. The predicted octanol–water partition coefficient (Wildman–Crippen LogP) is 2.45.